The van der Waals surface area contributed by atoms with E-state index in [1.54, 1.807) is 35.5 Å². The number of hydrogen-bond acceptors (Lipinski definition) is 7. The lowest BCUT2D eigenvalue weighted by molar-refractivity contribution is -0.115. The SMILES string of the molecule is Cc1csc(Sc2ccc(NC(=O)Cc3csc(-c4cccnc4)n3)cc2)n1. The Kier molecular flexibility index (Phi) is 5.80. The smallest absolute Gasteiger partial charge is 0.230 e. The summed E-state index contributed by atoms with van der Waals surface area (Å²) >= 11 is 4.77. The summed E-state index contributed by atoms with van der Waals surface area (Å²) in [5, 5.41) is 7.75. The zero-order chi connectivity index (χ0) is 19.3. The molecular formula is C20H16N4OS3. The average molecular weight is 425 g/mol. The van der Waals surface area contributed by atoms with Crippen LogP contribution in [0.4, 0.5) is 5.69 Å². The van der Waals surface area contributed by atoms with Gasteiger partial charge in [0, 0.05) is 45.0 Å². The molecule has 0 fully saturated rings. The fraction of sp³-hybridized carbons (Fsp3) is 0.100. The van der Waals surface area contributed by atoms with Crippen LogP contribution in [0.2, 0.25) is 0 Å². The highest BCUT2D eigenvalue weighted by Gasteiger charge is 2.10. The molecule has 4 aromatic rings. The molecule has 4 rings (SSSR count). The second-order valence-electron chi connectivity index (χ2n) is 5.99. The number of hydrogen-bond donors (Lipinski definition) is 1. The van der Waals surface area contributed by atoms with E-state index in [1.165, 1.54) is 11.3 Å². The van der Waals surface area contributed by atoms with E-state index in [2.05, 4.69) is 20.3 Å². The highest BCUT2D eigenvalue weighted by molar-refractivity contribution is 8.01. The number of pyridine rings is 1. The molecule has 0 aliphatic rings. The molecule has 140 valence electrons. The van der Waals surface area contributed by atoms with E-state index in [-0.39, 0.29) is 12.3 Å². The monoisotopic (exact) mass is 424 g/mol. The average Bonchev–Trinajstić information content (AvgIpc) is 3.33. The largest absolute Gasteiger partial charge is 0.326 e. The van der Waals surface area contributed by atoms with Gasteiger partial charge >= 0.3 is 0 Å². The van der Waals surface area contributed by atoms with Crippen LogP contribution in [0.5, 0.6) is 0 Å². The van der Waals surface area contributed by atoms with Crippen molar-refractivity contribution in [2.75, 3.05) is 5.32 Å². The van der Waals surface area contributed by atoms with Crippen LogP contribution < -0.4 is 5.32 Å². The fourth-order valence-electron chi connectivity index (χ4n) is 2.47. The Hall–Kier alpha value is -2.55. The Morgan fingerprint density at radius 1 is 1.11 bits per heavy atom. The predicted molar refractivity (Wildman–Crippen MR) is 115 cm³/mol. The second-order valence-corrected chi connectivity index (χ2v) is 9.03. The van der Waals surface area contributed by atoms with Crippen LogP contribution in [0.25, 0.3) is 10.6 Å². The zero-order valence-electron chi connectivity index (χ0n) is 15.0. The van der Waals surface area contributed by atoms with Crippen LogP contribution in [-0.4, -0.2) is 20.9 Å². The van der Waals surface area contributed by atoms with E-state index in [9.17, 15) is 4.79 Å². The number of thiazole rings is 2. The van der Waals surface area contributed by atoms with Gasteiger partial charge in [-0.1, -0.05) is 11.8 Å². The van der Waals surface area contributed by atoms with Gasteiger partial charge in [-0.25, -0.2) is 9.97 Å². The number of anilines is 1. The lowest BCUT2D eigenvalue weighted by Crippen LogP contribution is -2.14. The molecule has 0 bridgehead atoms. The molecule has 0 saturated heterocycles. The maximum Gasteiger partial charge on any atom is 0.230 e. The number of nitrogens with zero attached hydrogens (tertiary/aromatic N) is 3. The summed E-state index contributed by atoms with van der Waals surface area (Å²) in [7, 11) is 0. The first-order valence-corrected chi connectivity index (χ1v) is 11.1. The first-order chi connectivity index (χ1) is 13.7. The summed E-state index contributed by atoms with van der Waals surface area (Å²) < 4.78 is 1.02. The Bertz CT molecular complexity index is 1070. The number of aromatic nitrogens is 3. The van der Waals surface area contributed by atoms with Crippen LogP contribution in [0.15, 0.2) is 68.8 Å². The van der Waals surface area contributed by atoms with E-state index in [4.69, 9.17) is 0 Å². The zero-order valence-corrected chi connectivity index (χ0v) is 17.4. The number of nitrogens with one attached hydrogen (secondary N) is 1. The lowest BCUT2D eigenvalue weighted by atomic mass is 10.2. The van der Waals surface area contributed by atoms with Crippen molar-refractivity contribution in [2.45, 2.75) is 22.6 Å². The van der Waals surface area contributed by atoms with Crippen molar-refractivity contribution in [3.63, 3.8) is 0 Å². The molecule has 0 radical (unpaired) electrons. The molecule has 0 saturated carbocycles. The summed E-state index contributed by atoms with van der Waals surface area (Å²) in [4.78, 5) is 26.5. The van der Waals surface area contributed by atoms with Gasteiger partial charge in [-0.05, 0) is 43.3 Å². The quantitative estimate of drug-likeness (QED) is 0.455. The third kappa shape index (κ3) is 4.83. The maximum absolute atomic E-state index is 12.3. The van der Waals surface area contributed by atoms with Gasteiger partial charge in [0.15, 0.2) is 4.34 Å². The standard InChI is InChI=1S/C20H16N4OS3/c1-13-11-27-20(22-13)28-17-6-4-15(5-7-17)23-18(25)9-16-12-26-19(24-16)14-3-2-8-21-10-14/h2-8,10-12H,9H2,1H3,(H,23,25). The van der Waals surface area contributed by atoms with Crippen LogP contribution in [0.3, 0.4) is 0 Å². The number of carbonyl (C=O) groups is 1. The van der Waals surface area contributed by atoms with Gasteiger partial charge in [0.25, 0.3) is 0 Å². The number of aryl methyl sites for hydroxylation is 1. The van der Waals surface area contributed by atoms with E-state index in [0.717, 1.165) is 36.9 Å². The van der Waals surface area contributed by atoms with Crippen LogP contribution in [0, 0.1) is 6.92 Å². The Balaban J connectivity index is 1.34. The lowest BCUT2D eigenvalue weighted by Gasteiger charge is -2.05. The molecule has 3 heterocycles. The first-order valence-electron chi connectivity index (χ1n) is 8.50. The molecule has 5 nitrogen and oxygen atoms in total. The van der Waals surface area contributed by atoms with Crippen LogP contribution >= 0.6 is 34.4 Å². The molecule has 28 heavy (non-hydrogen) atoms. The summed E-state index contributed by atoms with van der Waals surface area (Å²) in [6, 6.07) is 11.6. The Labute approximate surface area is 174 Å². The Morgan fingerprint density at radius 2 is 1.96 bits per heavy atom. The summed E-state index contributed by atoms with van der Waals surface area (Å²) in [6.07, 6.45) is 3.74. The third-order valence-electron chi connectivity index (χ3n) is 3.74. The number of rotatable bonds is 6. The maximum atomic E-state index is 12.3. The minimum absolute atomic E-state index is 0.0843. The van der Waals surface area contributed by atoms with Gasteiger partial charge < -0.3 is 5.32 Å². The fourth-order valence-corrected chi connectivity index (χ4v) is 5.09. The van der Waals surface area contributed by atoms with Crippen molar-refractivity contribution in [1.82, 2.24) is 15.0 Å². The molecule has 0 aliphatic carbocycles. The van der Waals surface area contributed by atoms with E-state index < -0.39 is 0 Å². The van der Waals surface area contributed by atoms with Crippen LogP contribution in [0.1, 0.15) is 11.4 Å². The molecule has 3 aromatic heterocycles. The minimum atomic E-state index is -0.0843. The minimum Gasteiger partial charge on any atom is -0.326 e. The molecule has 0 unspecified atom stereocenters. The summed E-state index contributed by atoms with van der Waals surface area (Å²) in [6.45, 7) is 1.99. The number of amides is 1. The van der Waals surface area contributed by atoms with Crippen molar-refractivity contribution in [3.05, 3.63) is 70.9 Å². The number of benzene rings is 1. The highest BCUT2D eigenvalue weighted by atomic mass is 32.2. The summed E-state index contributed by atoms with van der Waals surface area (Å²) in [5.74, 6) is -0.0843. The summed E-state index contributed by atoms with van der Waals surface area (Å²) in [5.41, 5.74) is 3.52. The van der Waals surface area contributed by atoms with Gasteiger partial charge in [-0.2, -0.15) is 0 Å². The van der Waals surface area contributed by atoms with E-state index in [0.29, 0.717) is 0 Å². The third-order valence-corrected chi connectivity index (χ3v) is 6.75. The molecule has 1 amide bonds. The molecule has 0 atom stereocenters. The first kappa shape index (κ1) is 18.8. The van der Waals surface area contributed by atoms with Gasteiger partial charge in [-0.3, -0.25) is 9.78 Å². The van der Waals surface area contributed by atoms with Gasteiger partial charge in [0.2, 0.25) is 5.91 Å². The van der Waals surface area contributed by atoms with Crippen molar-refractivity contribution in [3.8, 4) is 10.6 Å². The molecule has 0 aliphatic heterocycles. The van der Waals surface area contributed by atoms with E-state index in [1.807, 2.05) is 54.1 Å². The number of carbonyl (C=O) groups excluding carboxylic acids is 1. The van der Waals surface area contributed by atoms with Gasteiger partial charge in [-0.15, -0.1) is 22.7 Å². The van der Waals surface area contributed by atoms with Gasteiger partial charge in [0.1, 0.15) is 5.01 Å². The Morgan fingerprint density at radius 3 is 2.68 bits per heavy atom. The molecular weight excluding hydrogens is 408 g/mol. The van der Waals surface area contributed by atoms with Gasteiger partial charge in [0.05, 0.1) is 12.1 Å². The predicted octanol–water partition coefficient (Wildman–Crippen LogP) is 5.30. The molecule has 8 heteroatoms. The van der Waals surface area contributed by atoms with Crippen molar-refractivity contribution >= 4 is 46.0 Å². The van der Waals surface area contributed by atoms with E-state index >= 15 is 0 Å². The van der Waals surface area contributed by atoms with Crippen molar-refractivity contribution in [1.29, 1.82) is 0 Å². The van der Waals surface area contributed by atoms with Crippen molar-refractivity contribution < 1.29 is 4.79 Å². The van der Waals surface area contributed by atoms with Crippen molar-refractivity contribution in [2.24, 2.45) is 0 Å². The second kappa shape index (κ2) is 8.64. The normalized spacial score (nSPS) is 10.8. The molecule has 0 spiro atoms. The topological polar surface area (TPSA) is 67.8 Å². The molecule has 1 aromatic carbocycles. The molecule has 1 N–H and O–H groups in total. The van der Waals surface area contributed by atoms with Crippen LogP contribution in [-0.2, 0) is 11.2 Å². The highest BCUT2D eigenvalue weighted by Crippen LogP contribution is 2.31.